The van der Waals surface area contributed by atoms with Crippen molar-refractivity contribution in [2.45, 2.75) is 6.92 Å². The van der Waals surface area contributed by atoms with Gasteiger partial charge in [0.25, 0.3) is 0 Å². The molecule has 59 valence electrons. The lowest BCUT2D eigenvalue weighted by Crippen LogP contribution is -1.93. The number of aromatic nitrogens is 2. The van der Waals surface area contributed by atoms with Crippen molar-refractivity contribution in [3.8, 4) is 5.69 Å². The summed E-state index contributed by atoms with van der Waals surface area (Å²) >= 11 is 0. The zero-order chi connectivity index (χ0) is 8.39. The van der Waals surface area contributed by atoms with Crippen LogP contribution in [-0.4, -0.2) is 9.55 Å². The monoisotopic (exact) mass is 157 g/mol. The fraction of sp³-hybridized carbons (Fsp3) is 0.100. The molecule has 1 aromatic heterocycles. The number of aryl methyl sites for hydroxylation is 1. The van der Waals surface area contributed by atoms with Crippen molar-refractivity contribution in [2.75, 3.05) is 0 Å². The molecular weight excluding hydrogens is 148 g/mol. The maximum Gasteiger partial charge on any atom is 0.110 e. The summed E-state index contributed by atoms with van der Waals surface area (Å²) in [7, 11) is 0. The van der Waals surface area contributed by atoms with Crippen LogP contribution in [-0.2, 0) is 0 Å². The van der Waals surface area contributed by atoms with E-state index >= 15 is 0 Å². The zero-order valence-corrected chi connectivity index (χ0v) is 6.86. The molecule has 2 heteroatoms. The second-order valence-electron chi connectivity index (χ2n) is 2.60. The third-order valence-electron chi connectivity index (χ3n) is 1.80. The molecule has 2 rings (SSSR count). The van der Waals surface area contributed by atoms with E-state index in [0.717, 1.165) is 11.5 Å². The minimum atomic E-state index is 1.00. The molecule has 0 fully saturated rings. The van der Waals surface area contributed by atoms with Crippen molar-refractivity contribution in [3.63, 3.8) is 0 Å². The van der Waals surface area contributed by atoms with E-state index in [0.29, 0.717) is 0 Å². The number of hydrogen-bond acceptors (Lipinski definition) is 1. The van der Waals surface area contributed by atoms with Gasteiger partial charge >= 0.3 is 0 Å². The average molecular weight is 157 g/mol. The van der Waals surface area contributed by atoms with E-state index in [1.54, 1.807) is 6.20 Å². The van der Waals surface area contributed by atoms with Gasteiger partial charge in [-0.1, -0.05) is 12.1 Å². The topological polar surface area (TPSA) is 17.8 Å². The molecule has 2 nitrogen and oxygen atoms in total. The van der Waals surface area contributed by atoms with Crippen molar-refractivity contribution in [1.29, 1.82) is 0 Å². The second kappa shape index (κ2) is 2.81. The molecule has 2 aromatic rings. The zero-order valence-electron chi connectivity index (χ0n) is 6.86. The molecule has 12 heavy (non-hydrogen) atoms. The van der Waals surface area contributed by atoms with Gasteiger partial charge in [0.1, 0.15) is 5.82 Å². The molecule has 0 aliphatic carbocycles. The minimum absolute atomic E-state index is 1.00. The molecule has 0 N–H and O–H groups in total. The van der Waals surface area contributed by atoms with Crippen LogP contribution in [0.4, 0.5) is 0 Å². The van der Waals surface area contributed by atoms with E-state index in [2.05, 4.69) is 11.1 Å². The molecular formula is C10H9N2. The fourth-order valence-corrected chi connectivity index (χ4v) is 1.19. The number of benzene rings is 1. The van der Waals surface area contributed by atoms with Crippen LogP contribution < -0.4 is 0 Å². The Bertz CT molecular complexity index is 362. The van der Waals surface area contributed by atoms with Crippen LogP contribution in [0.15, 0.2) is 36.7 Å². The fourth-order valence-electron chi connectivity index (χ4n) is 1.19. The van der Waals surface area contributed by atoms with E-state index in [4.69, 9.17) is 0 Å². The van der Waals surface area contributed by atoms with E-state index in [1.165, 1.54) is 0 Å². The Hall–Kier alpha value is -1.57. The highest BCUT2D eigenvalue weighted by Crippen LogP contribution is 2.07. The van der Waals surface area contributed by atoms with Gasteiger partial charge in [0, 0.05) is 18.1 Å². The first-order valence-electron chi connectivity index (χ1n) is 3.84. The van der Waals surface area contributed by atoms with Crippen molar-refractivity contribution < 1.29 is 0 Å². The maximum atomic E-state index is 4.15. The summed E-state index contributed by atoms with van der Waals surface area (Å²) in [5.41, 5.74) is 1.13. The smallest absolute Gasteiger partial charge is 0.110 e. The van der Waals surface area contributed by atoms with Gasteiger partial charge in [-0.15, -0.1) is 0 Å². The molecule has 0 aliphatic heterocycles. The first kappa shape index (κ1) is 7.10. The Morgan fingerprint density at radius 2 is 2.08 bits per heavy atom. The molecule has 1 radical (unpaired) electrons. The van der Waals surface area contributed by atoms with E-state index in [1.807, 2.05) is 42.0 Å². The summed E-state index contributed by atoms with van der Waals surface area (Å²) in [6, 6.07) is 10.8. The van der Waals surface area contributed by atoms with Crippen molar-refractivity contribution in [2.24, 2.45) is 0 Å². The molecule has 0 atom stereocenters. The maximum absolute atomic E-state index is 4.15. The van der Waals surface area contributed by atoms with Crippen molar-refractivity contribution in [3.05, 3.63) is 48.5 Å². The lowest BCUT2D eigenvalue weighted by Gasteiger charge is -2.02. The quantitative estimate of drug-likeness (QED) is 0.619. The highest BCUT2D eigenvalue weighted by atomic mass is 15.1. The van der Waals surface area contributed by atoms with Crippen LogP contribution in [0, 0.1) is 13.0 Å². The Morgan fingerprint density at radius 3 is 2.67 bits per heavy atom. The Labute approximate surface area is 71.5 Å². The largest absolute Gasteiger partial charge is 0.304 e. The lowest BCUT2D eigenvalue weighted by molar-refractivity contribution is 0.975. The first-order valence-corrected chi connectivity index (χ1v) is 3.84. The second-order valence-corrected chi connectivity index (χ2v) is 2.60. The summed E-state index contributed by atoms with van der Waals surface area (Å²) in [4.78, 5) is 4.15. The summed E-state index contributed by atoms with van der Waals surface area (Å²) in [6.45, 7) is 1.98. The third kappa shape index (κ3) is 1.11. The molecule has 1 aromatic carbocycles. The van der Waals surface area contributed by atoms with Gasteiger partial charge in [0.2, 0.25) is 0 Å². The first-order chi connectivity index (χ1) is 5.88. The van der Waals surface area contributed by atoms with Crippen LogP contribution in [0.3, 0.4) is 0 Å². The normalized spacial score (nSPS) is 10.1. The summed E-state index contributed by atoms with van der Waals surface area (Å²) < 4.78 is 2.04. The number of hydrogen-bond donors (Lipinski definition) is 0. The predicted octanol–water partition coefficient (Wildman–Crippen LogP) is 1.98. The Morgan fingerprint density at radius 1 is 1.33 bits per heavy atom. The van der Waals surface area contributed by atoms with Crippen LogP contribution in [0.2, 0.25) is 0 Å². The highest BCUT2D eigenvalue weighted by Gasteiger charge is 1.96. The van der Waals surface area contributed by atoms with Gasteiger partial charge in [-0.2, -0.15) is 0 Å². The van der Waals surface area contributed by atoms with E-state index in [-0.39, 0.29) is 0 Å². The van der Waals surface area contributed by atoms with Gasteiger partial charge < -0.3 is 4.57 Å². The molecule has 1 heterocycles. The lowest BCUT2D eigenvalue weighted by atomic mass is 10.3. The summed E-state index contributed by atoms with van der Waals surface area (Å²) in [5, 5.41) is 0. The van der Waals surface area contributed by atoms with Gasteiger partial charge in [0.05, 0.1) is 0 Å². The molecule has 0 amide bonds. The summed E-state index contributed by atoms with van der Waals surface area (Å²) in [6.07, 6.45) is 3.75. The van der Waals surface area contributed by atoms with Crippen molar-refractivity contribution >= 4 is 0 Å². The van der Waals surface area contributed by atoms with E-state index in [9.17, 15) is 0 Å². The number of rotatable bonds is 1. The molecule has 0 saturated carbocycles. The summed E-state index contributed by atoms with van der Waals surface area (Å²) in [5.74, 6) is 1.00. The van der Waals surface area contributed by atoms with Crippen LogP contribution >= 0.6 is 0 Å². The average Bonchev–Trinajstić information content (AvgIpc) is 2.53. The third-order valence-corrected chi connectivity index (χ3v) is 1.80. The van der Waals surface area contributed by atoms with Gasteiger partial charge in [-0.3, -0.25) is 0 Å². The Balaban J connectivity index is 2.51. The number of imidazole rings is 1. The van der Waals surface area contributed by atoms with E-state index < -0.39 is 0 Å². The Kier molecular flexibility index (Phi) is 1.67. The molecule has 0 saturated heterocycles. The van der Waals surface area contributed by atoms with Gasteiger partial charge in [-0.05, 0) is 25.1 Å². The number of nitrogens with zero attached hydrogens (tertiary/aromatic N) is 2. The highest BCUT2D eigenvalue weighted by molar-refractivity contribution is 5.31. The molecule has 0 bridgehead atoms. The minimum Gasteiger partial charge on any atom is -0.304 e. The van der Waals surface area contributed by atoms with Gasteiger partial charge in [0.15, 0.2) is 0 Å². The molecule has 0 unspecified atom stereocenters. The molecule has 0 spiro atoms. The van der Waals surface area contributed by atoms with Crippen LogP contribution in [0.1, 0.15) is 5.82 Å². The van der Waals surface area contributed by atoms with Gasteiger partial charge in [-0.25, -0.2) is 4.98 Å². The molecule has 0 aliphatic rings. The predicted molar refractivity (Wildman–Crippen MR) is 47.1 cm³/mol. The van der Waals surface area contributed by atoms with Crippen molar-refractivity contribution in [1.82, 2.24) is 9.55 Å². The van der Waals surface area contributed by atoms with Crippen LogP contribution in [0.25, 0.3) is 5.69 Å². The SMILES string of the molecule is Cc1nccn1-c1cc[c]cc1. The standard InChI is InChI=1S/C10H9N2/c1-9-11-7-8-12(9)10-5-3-2-4-6-10/h3-8H,1H3. The van der Waals surface area contributed by atoms with Crippen LogP contribution in [0.5, 0.6) is 0 Å².